The highest BCUT2D eigenvalue weighted by molar-refractivity contribution is 9.10. The zero-order valence-corrected chi connectivity index (χ0v) is 12.4. The second-order valence-corrected chi connectivity index (χ2v) is 4.96. The van der Waals surface area contributed by atoms with E-state index in [1.165, 1.54) is 13.2 Å². The van der Waals surface area contributed by atoms with Crippen molar-refractivity contribution in [2.75, 3.05) is 18.2 Å². The minimum atomic E-state index is -4.43. The van der Waals surface area contributed by atoms with Crippen LogP contribution in [0.15, 0.2) is 34.8 Å². The molecule has 8 heteroatoms. The molecule has 2 rings (SSSR count). The summed E-state index contributed by atoms with van der Waals surface area (Å²) in [6, 6.07) is 6.38. The van der Waals surface area contributed by atoms with Crippen LogP contribution in [0, 0.1) is 0 Å². The Hall–Kier alpha value is -1.96. The summed E-state index contributed by atoms with van der Waals surface area (Å²) >= 11 is 3.19. The first kappa shape index (κ1) is 15.4. The number of hydrogen-bond donors (Lipinski definition) is 2. The van der Waals surface area contributed by atoms with Crippen LogP contribution in [0.5, 0.6) is 5.88 Å². The third-order valence-electron chi connectivity index (χ3n) is 2.66. The Bertz CT molecular complexity index is 662. The van der Waals surface area contributed by atoms with Gasteiger partial charge in [0.1, 0.15) is 0 Å². The minimum Gasteiger partial charge on any atom is -0.481 e. The fraction of sp³-hybridized carbons (Fsp3) is 0.154. The predicted octanol–water partition coefficient (Wildman–Crippen LogP) is 4.20. The maximum atomic E-state index is 12.7. The van der Waals surface area contributed by atoms with Crippen LogP contribution in [-0.2, 0) is 6.18 Å². The molecule has 0 amide bonds. The van der Waals surface area contributed by atoms with Crippen molar-refractivity contribution in [1.29, 1.82) is 0 Å². The first-order chi connectivity index (χ1) is 9.81. The molecule has 1 heterocycles. The standard InChI is InChI=1S/C13H11BrF3N3O/c1-21-11-5-4-9(18)12(20-11)19-10-6-7(13(15,16)17)2-3-8(10)14/h2-6H,18H2,1H3,(H,19,20). The maximum Gasteiger partial charge on any atom is 0.416 e. The summed E-state index contributed by atoms with van der Waals surface area (Å²) in [5.41, 5.74) is 5.48. The lowest BCUT2D eigenvalue weighted by atomic mass is 10.2. The average Bonchev–Trinajstić information content (AvgIpc) is 2.42. The van der Waals surface area contributed by atoms with Crippen LogP contribution in [0.2, 0.25) is 0 Å². The number of anilines is 3. The molecule has 2 aromatic rings. The second-order valence-electron chi connectivity index (χ2n) is 4.11. The van der Waals surface area contributed by atoms with Crippen molar-refractivity contribution in [2.24, 2.45) is 0 Å². The lowest BCUT2D eigenvalue weighted by Gasteiger charge is -2.13. The predicted molar refractivity (Wildman–Crippen MR) is 77.6 cm³/mol. The minimum absolute atomic E-state index is 0.206. The zero-order valence-electron chi connectivity index (χ0n) is 10.8. The molecule has 0 saturated heterocycles. The fourth-order valence-electron chi connectivity index (χ4n) is 1.59. The van der Waals surface area contributed by atoms with E-state index in [1.54, 1.807) is 12.1 Å². The quantitative estimate of drug-likeness (QED) is 0.859. The number of methoxy groups -OCH3 is 1. The molecular weight excluding hydrogens is 351 g/mol. The first-order valence-electron chi connectivity index (χ1n) is 5.75. The van der Waals surface area contributed by atoms with Gasteiger partial charge in [-0.25, -0.2) is 0 Å². The van der Waals surface area contributed by atoms with Gasteiger partial charge in [0.2, 0.25) is 5.88 Å². The summed E-state index contributed by atoms with van der Waals surface area (Å²) in [5.74, 6) is 0.518. The molecule has 0 spiro atoms. The molecule has 0 aliphatic heterocycles. The van der Waals surface area contributed by atoms with E-state index in [1.807, 2.05) is 0 Å². The van der Waals surface area contributed by atoms with E-state index in [4.69, 9.17) is 10.5 Å². The molecule has 3 N–H and O–H groups in total. The van der Waals surface area contributed by atoms with E-state index in [9.17, 15) is 13.2 Å². The molecule has 0 atom stereocenters. The van der Waals surface area contributed by atoms with Gasteiger partial charge in [-0.05, 0) is 40.2 Å². The number of halogens is 4. The van der Waals surface area contributed by atoms with Crippen LogP contribution in [0.4, 0.5) is 30.4 Å². The molecule has 4 nitrogen and oxygen atoms in total. The van der Waals surface area contributed by atoms with Crippen LogP contribution in [0.1, 0.15) is 5.56 Å². The molecule has 21 heavy (non-hydrogen) atoms. The van der Waals surface area contributed by atoms with Crippen molar-refractivity contribution in [3.8, 4) is 5.88 Å². The summed E-state index contributed by atoms with van der Waals surface area (Å²) in [4.78, 5) is 4.06. The summed E-state index contributed by atoms with van der Waals surface area (Å²) in [5, 5.41) is 2.76. The number of nitrogens with zero attached hydrogens (tertiary/aromatic N) is 1. The Morgan fingerprint density at radius 3 is 2.57 bits per heavy atom. The second kappa shape index (κ2) is 5.80. The molecule has 112 valence electrons. The number of aromatic nitrogens is 1. The van der Waals surface area contributed by atoms with Gasteiger partial charge in [-0.15, -0.1) is 0 Å². The number of benzene rings is 1. The van der Waals surface area contributed by atoms with E-state index in [0.29, 0.717) is 16.0 Å². The van der Waals surface area contributed by atoms with Crippen molar-refractivity contribution in [3.05, 3.63) is 40.4 Å². The molecule has 0 radical (unpaired) electrons. The molecule has 0 bridgehead atoms. The summed E-state index contributed by atoms with van der Waals surface area (Å²) < 4.78 is 43.6. The monoisotopic (exact) mass is 361 g/mol. The number of pyridine rings is 1. The van der Waals surface area contributed by atoms with Crippen LogP contribution in [0.25, 0.3) is 0 Å². The first-order valence-corrected chi connectivity index (χ1v) is 6.55. The normalized spacial score (nSPS) is 11.3. The average molecular weight is 362 g/mol. The lowest BCUT2D eigenvalue weighted by Crippen LogP contribution is -2.06. The van der Waals surface area contributed by atoms with Crippen LogP contribution in [0.3, 0.4) is 0 Å². The van der Waals surface area contributed by atoms with Gasteiger partial charge < -0.3 is 15.8 Å². The molecule has 1 aromatic heterocycles. The van der Waals surface area contributed by atoms with Crippen molar-refractivity contribution in [1.82, 2.24) is 4.98 Å². The highest BCUT2D eigenvalue weighted by Crippen LogP contribution is 2.35. The largest absolute Gasteiger partial charge is 0.481 e. The topological polar surface area (TPSA) is 60.2 Å². The van der Waals surface area contributed by atoms with Crippen LogP contribution >= 0.6 is 15.9 Å². The van der Waals surface area contributed by atoms with Gasteiger partial charge >= 0.3 is 6.18 Å². The van der Waals surface area contributed by atoms with Gasteiger partial charge in [0.05, 0.1) is 24.0 Å². The fourth-order valence-corrected chi connectivity index (χ4v) is 1.94. The molecular formula is C13H11BrF3N3O. The Morgan fingerprint density at radius 1 is 1.24 bits per heavy atom. The molecule has 0 aliphatic rings. The number of nitrogens with two attached hydrogens (primary N) is 1. The SMILES string of the molecule is COc1ccc(N)c(Nc2cc(C(F)(F)F)ccc2Br)n1. The highest BCUT2D eigenvalue weighted by Gasteiger charge is 2.31. The van der Waals surface area contributed by atoms with Gasteiger partial charge in [-0.1, -0.05) is 0 Å². The van der Waals surface area contributed by atoms with Crippen molar-refractivity contribution in [2.45, 2.75) is 6.18 Å². The van der Waals surface area contributed by atoms with Gasteiger partial charge in [0, 0.05) is 10.5 Å². The highest BCUT2D eigenvalue weighted by atomic mass is 79.9. The zero-order chi connectivity index (χ0) is 15.6. The smallest absolute Gasteiger partial charge is 0.416 e. The van der Waals surface area contributed by atoms with E-state index in [0.717, 1.165) is 12.1 Å². The van der Waals surface area contributed by atoms with Crippen LogP contribution < -0.4 is 15.8 Å². The van der Waals surface area contributed by atoms with Crippen molar-refractivity contribution >= 4 is 33.1 Å². The Labute approximate surface area is 127 Å². The van der Waals surface area contributed by atoms with Gasteiger partial charge in [0.15, 0.2) is 5.82 Å². The van der Waals surface area contributed by atoms with Gasteiger partial charge in [0.25, 0.3) is 0 Å². The molecule has 1 aromatic carbocycles. The number of alkyl halides is 3. The van der Waals surface area contributed by atoms with Gasteiger partial charge in [-0.3, -0.25) is 0 Å². The van der Waals surface area contributed by atoms with E-state index >= 15 is 0 Å². The third-order valence-corrected chi connectivity index (χ3v) is 3.35. The third kappa shape index (κ3) is 3.57. The Morgan fingerprint density at radius 2 is 1.95 bits per heavy atom. The van der Waals surface area contributed by atoms with E-state index in [-0.39, 0.29) is 11.5 Å². The molecule has 0 fully saturated rings. The number of hydrogen-bond acceptors (Lipinski definition) is 4. The molecule has 0 saturated carbocycles. The number of ether oxygens (including phenoxy) is 1. The van der Waals surface area contributed by atoms with Crippen LogP contribution in [-0.4, -0.2) is 12.1 Å². The Balaban J connectivity index is 2.39. The summed E-state index contributed by atoms with van der Waals surface area (Å²) in [7, 11) is 1.43. The van der Waals surface area contributed by atoms with E-state index in [2.05, 4.69) is 26.2 Å². The van der Waals surface area contributed by atoms with Crippen molar-refractivity contribution < 1.29 is 17.9 Å². The number of nitrogens with one attached hydrogen (secondary N) is 1. The molecule has 0 unspecified atom stereocenters. The lowest BCUT2D eigenvalue weighted by molar-refractivity contribution is -0.137. The number of nitrogen functional groups attached to an aromatic ring is 1. The number of rotatable bonds is 3. The summed E-state index contributed by atoms with van der Waals surface area (Å²) in [6.07, 6.45) is -4.43. The van der Waals surface area contributed by atoms with E-state index < -0.39 is 11.7 Å². The summed E-state index contributed by atoms with van der Waals surface area (Å²) in [6.45, 7) is 0. The molecule has 0 aliphatic carbocycles. The Kier molecular flexibility index (Phi) is 4.26. The maximum absolute atomic E-state index is 12.7. The van der Waals surface area contributed by atoms with Crippen molar-refractivity contribution in [3.63, 3.8) is 0 Å². The van der Waals surface area contributed by atoms with Gasteiger partial charge in [-0.2, -0.15) is 18.2 Å².